The van der Waals surface area contributed by atoms with Crippen LogP contribution in [0.5, 0.6) is 11.5 Å². The minimum absolute atomic E-state index is 0.0357. The lowest BCUT2D eigenvalue weighted by molar-refractivity contribution is -0.137. The number of hydrogen-bond acceptors (Lipinski definition) is 18. The molecule has 5 heterocycles. The van der Waals surface area contributed by atoms with Gasteiger partial charge in [-0.15, -0.1) is 0 Å². The Morgan fingerprint density at radius 2 is 1.51 bits per heavy atom. The number of carbonyl (C=O) groups is 7. The molecule has 1 aromatic heterocycles. The van der Waals surface area contributed by atoms with Crippen LogP contribution in [0.1, 0.15) is 73.4 Å². The predicted octanol–water partition coefficient (Wildman–Crippen LogP) is 4.01. The number of rotatable bonds is 33. The molecule has 3 saturated heterocycles. The number of likely N-dealkylation sites (N-methyl/N-ethyl adjacent to an activating group) is 1. The second kappa shape index (κ2) is 28.5. The average Bonchev–Trinajstić information content (AvgIpc) is 3.70. The maximum absolute atomic E-state index is 13.4. The van der Waals surface area contributed by atoms with Crippen molar-refractivity contribution in [3.8, 4) is 11.5 Å². The fraction of sp³-hybridized carbons (Fsp3) is 0.529. The number of thioether (sulfide) groups is 2. The zero-order chi connectivity index (χ0) is 53.0. The van der Waals surface area contributed by atoms with Crippen molar-refractivity contribution in [1.82, 2.24) is 36.9 Å². The third kappa shape index (κ3) is 18.2. The van der Waals surface area contributed by atoms with Gasteiger partial charge in [0.05, 0.1) is 62.9 Å². The smallest absolute Gasteiger partial charge is 0.315 e. The minimum atomic E-state index is -1.26. The van der Waals surface area contributed by atoms with Crippen molar-refractivity contribution in [3.05, 3.63) is 83.6 Å². The SMILES string of the molecule is CN(CCOc1ccc(CC2SC(=O)NC2=O)cc1)c1ccc(OC(=O)C[C@@H](NC(=O)c2ccc(C3(C)N=N3)cc2)C(=O)NCCCOCCOCCOCCCNC(=O)CCCC[C@@H]2SC[C@@H]3NC(=O)N[C@@H]32)cn1. The van der Waals surface area contributed by atoms with E-state index >= 15 is 0 Å². The van der Waals surface area contributed by atoms with E-state index in [4.69, 9.17) is 23.7 Å². The molecule has 0 aliphatic carbocycles. The number of carbonyl (C=O) groups excluding carboxylic acids is 7. The zero-order valence-electron chi connectivity index (χ0n) is 42.2. The summed E-state index contributed by atoms with van der Waals surface area (Å²) in [6, 6.07) is 16.4. The molecule has 5 atom stereocenters. The molecule has 4 aliphatic rings. The van der Waals surface area contributed by atoms with Gasteiger partial charge in [0.15, 0.2) is 0 Å². The van der Waals surface area contributed by atoms with Crippen molar-refractivity contribution < 1.29 is 57.2 Å². The van der Waals surface area contributed by atoms with Crippen LogP contribution in [0.2, 0.25) is 0 Å². The van der Waals surface area contributed by atoms with Crippen molar-refractivity contribution in [1.29, 1.82) is 0 Å². The third-order valence-electron chi connectivity index (χ3n) is 12.6. The second-order valence-electron chi connectivity index (χ2n) is 18.4. The van der Waals surface area contributed by atoms with E-state index in [0.29, 0.717) is 102 Å². The summed E-state index contributed by atoms with van der Waals surface area (Å²) in [4.78, 5) is 93.4. The summed E-state index contributed by atoms with van der Waals surface area (Å²) < 4.78 is 28.3. The molecule has 2 aromatic carbocycles. The number of fused-ring (bicyclic) bond motifs is 1. The molecular formula is C51H66N10O12S2. The van der Waals surface area contributed by atoms with Gasteiger partial charge < -0.3 is 55.2 Å². The summed E-state index contributed by atoms with van der Waals surface area (Å²) in [7, 11) is 1.84. The molecule has 7 rings (SSSR count). The van der Waals surface area contributed by atoms with Gasteiger partial charge in [0.1, 0.15) is 30.0 Å². The number of pyridine rings is 1. The number of aromatic nitrogens is 1. The van der Waals surface area contributed by atoms with Crippen LogP contribution < -0.4 is 46.3 Å². The number of unbranched alkanes of at least 4 members (excludes halogenated alkanes) is 1. The average molecular weight is 1080 g/mol. The molecule has 3 aromatic rings. The molecule has 404 valence electrons. The van der Waals surface area contributed by atoms with Crippen LogP contribution in [0.3, 0.4) is 0 Å². The van der Waals surface area contributed by atoms with E-state index in [1.54, 1.807) is 36.4 Å². The summed E-state index contributed by atoms with van der Waals surface area (Å²) in [6.45, 7) is 5.76. The zero-order valence-corrected chi connectivity index (χ0v) is 43.8. The molecule has 0 bridgehead atoms. The second-order valence-corrected chi connectivity index (χ2v) is 20.9. The molecule has 0 saturated carbocycles. The summed E-state index contributed by atoms with van der Waals surface area (Å²) in [6.07, 6.45) is 5.76. The quantitative estimate of drug-likeness (QED) is 0.0286. The number of ether oxygens (including phenoxy) is 5. The number of nitrogens with one attached hydrogen (secondary N) is 6. The molecule has 0 radical (unpaired) electrons. The van der Waals surface area contributed by atoms with Crippen LogP contribution >= 0.6 is 23.5 Å². The maximum atomic E-state index is 13.4. The van der Waals surface area contributed by atoms with Crippen LogP contribution in [0, 0.1) is 0 Å². The van der Waals surface area contributed by atoms with E-state index in [0.717, 1.165) is 47.9 Å². The molecule has 75 heavy (non-hydrogen) atoms. The van der Waals surface area contributed by atoms with Gasteiger partial charge in [-0.05, 0) is 81.0 Å². The summed E-state index contributed by atoms with van der Waals surface area (Å²) in [5.41, 5.74) is 1.39. The number of benzene rings is 2. The first-order chi connectivity index (χ1) is 36.3. The Balaban J connectivity index is 0.737. The fourth-order valence-corrected chi connectivity index (χ4v) is 10.7. The van der Waals surface area contributed by atoms with Gasteiger partial charge in [-0.2, -0.15) is 22.0 Å². The molecule has 22 nitrogen and oxygen atoms in total. The monoisotopic (exact) mass is 1070 g/mol. The lowest BCUT2D eigenvalue weighted by atomic mass is 10.0. The summed E-state index contributed by atoms with van der Waals surface area (Å²) >= 11 is 2.88. The molecule has 24 heteroatoms. The Hall–Kier alpha value is -6.34. The van der Waals surface area contributed by atoms with E-state index in [1.165, 1.54) is 6.20 Å². The first kappa shape index (κ1) is 56.4. The van der Waals surface area contributed by atoms with Gasteiger partial charge in [0.2, 0.25) is 23.4 Å². The summed E-state index contributed by atoms with van der Waals surface area (Å²) in [5, 5.41) is 24.3. The van der Waals surface area contributed by atoms with E-state index in [2.05, 4.69) is 47.1 Å². The highest BCUT2D eigenvalue weighted by Gasteiger charge is 2.42. The van der Waals surface area contributed by atoms with Gasteiger partial charge in [-0.1, -0.05) is 42.4 Å². The number of anilines is 1. The Morgan fingerprint density at radius 1 is 0.813 bits per heavy atom. The van der Waals surface area contributed by atoms with Gasteiger partial charge in [-0.3, -0.25) is 34.1 Å². The highest BCUT2D eigenvalue weighted by molar-refractivity contribution is 8.15. The minimum Gasteiger partial charge on any atom is -0.492 e. The van der Waals surface area contributed by atoms with E-state index in [-0.39, 0.29) is 53.0 Å². The Bertz CT molecular complexity index is 2450. The molecule has 1 unspecified atom stereocenters. The van der Waals surface area contributed by atoms with Crippen LogP contribution in [0.15, 0.2) is 77.1 Å². The number of urea groups is 1. The standard InChI is InChI=1S/C51H66N10O12S2/c1-51(59-60-51)35-13-11-34(12-14-35)46(64)55-38(30-44(63)73-37-17-18-42(54-31-37)61(2)21-24-72-36-15-9-33(10-16-36)29-41-48(66)58-50(68)75-41)47(65)53-20-6-23-70-26-28-71-27-25-69-22-5-19-52-43(62)8-4-3-7-40-45-39(32-74-40)56-49(67)57-45/h9-18,31,38-41,45H,3-8,19-30,32H2,1-2H3,(H,52,62)(H,53,65)(H,55,64)(H2,56,57,67)(H,58,66,68)/t38-,39+,40+,41?,45+/m1/s1. The predicted molar refractivity (Wildman–Crippen MR) is 280 cm³/mol. The first-order valence-corrected chi connectivity index (χ1v) is 27.2. The van der Waals surface area contributed by atoms with Crippen LogP contribution in [-0.4, -0.2) is 153 Å². The largest absolute Gasteiger partial charge is 0.492 e. The topological polar surface area (TPSA) is 279 Å². The Morgan fingerprint density at radius 3 is 2.17 bits per heavy atom. The number of imide groups is 1. The molecule has 6 N–H and O–H groups in total. The highest BCUT2D eigenvalue weighted by atomic mass is 32.2. The van der Waals surface area contributed by atoms with Crippen LogP contribution in [0.25, 0.3) is 0 Å². The van der Waals surface area contributed by atoms with Crippen molar-refractivity contribution >= 4 is 70.2 Å². The van der Waals surface area contributed by atoms with Gasteiger partial charge in [0, 0.05) is 61.9 Å². The van der Waals surface area contributed by atoms with Crippen molar-refractivity contribution in [2.24, 2.45) is 10.2 Å². The normalized spacial score (nSPS) is 19.3. The van der Waals surface area contributed by atoms with Gasteiger partial charge in [0.25, 0.3) is 11.1 Å². The number of amides is 7. The van der Waals surface area contributed by atoms with E-state index in [9.17, 15) is 33.6 Å². The lowest BCUT2D eigenvalue weighted by Crippen LogP contribution is -2.48. The number of nitrogens with zero attached hydrogens (tertiary/aromatic N) is 4. The highest BCUT2D eigenvalue weighted by Crippen LogP contribution is 2.38. The Kier molecular flexibility index (Phi) is 21.4. The number of esters is 1. The van der Waals surface area contributed by atoms with Gasteiger partial charge >= 0.3 is 12.0 Å². The van der Waals surface area contributed by atoms with Crippen molar-refractivity contribution in [2.45, 2.75) is 92.6 Å². The summed E-state index contributed by atoms with van der Waals surface area (Å²) in [5.74, 6) is 0.194. The van der Waals surface area contributed by atoms with Gasteiger partial charge in [-0.25, -0.2) is 9.78 Å². The van der Waals surface area contributed by atoms with E-state index in [1.807, 2.05) is 54.9 Å². The number of hydrogen-bond donors (Lipinski definition) is 6. The molecule has 4 aliphatic heterocycles. The first-order valence-electron chi connectivity index (χ1n) is 25.2. The van der Waals surface area contributed by atoms with Crippen LogP contribution in [0.4, 0.5) is 15.4 Å². The molecular weight excluding hydrogens is 1010 g/mol. The fourth-order valence-electron chi connectivity index (χ4n) is 8.27. The lowest BCUT2D eigenvalue weighted by Gasteiger charge is -2.19. The molecule has 0 spiro atoms. The third-order valence-corrected chi connectivity index (χ3v) is 15.1. The maximum Gasteiger partial charge on any atom is 0.315 e. The Labute approximate surface area is 444 Å². The molecule has 3 fully saturated rings. The van der Waals surface area contributed by atoms with Crippen molar-refractivity contribution in [2.75, 3.05) is 83.6 Å². The van der Waals surface area contributed by atoms with E-state index < -0.39 is 41.2 Å². The van der Waals surface area contributed by atoms with Crippen LogP contribution in [-0.2, 0) is 45.5 Å². The van der Waals surface area contributed by atoms with Crippen molar-refractivity contribution in [3.63, 3.8) is 0 Å². The molecule has 7 amide bonds.